The molecular formula is C30H37N3O5S. The number of nitrogens with one attached hydrogen (secondary N) is 1. The van der Waals surface area contributed by atoms with Crippen LogP contribution in [-0.4, -0.2) is 50.0 Å². The summed E-state index contributed by atoms with van der Waals surface area (Å²) < 4.78 is 32.5. The predicted octanol–water partition coefficient (Wildman–Crippen LogP) is 4.36. The fraction of sp³-hybridized carbons (Fsp3) is 0.333. The first-order chi connectivity index (χ1) is 18.6. The molecule has 1 atom stereocenters. The second-order valence-corrected chi connectivity index (χ2v) is 11.5. The molecule has 0 radical (unpaired) electrons. The minimum Gasteiger partial charge on any atom is -0.489 e. The number of rotatable bonds is 13. The van der Waals surface area contributed by atoms with E-state index in [4.69, 9.17) is 4.74 Å². The fourth-order valence-corrected chi connectivity index (χ4v) is 4.99. The number of hydrogen-bond acceptors (Lipinski definition) is 5. The van der Waals surface area contributed by atoms with E-state index in [9.17, 15) is 18.0 Å². The van der Waals surface area contributed by atoms with Crippen molar-refractivity contribution in [2.24, 2.45) is 0 Å². The van der Waals surface area contributed by atoms with Gasteiger partial charge in [0.2, 0.25) is 21.8 Å². The van der Waals surface area contributed by atoms with Gasteiger partial charge < -0.3 is 15.0 Å². The van der Waals surface area contributed by atoms with Crippen LogP contribution in [0.5, 0.6) is 5.75 Å². The number of hydrogen-bond donors (Lipinski definition) is 1. The third-order valence-corrected chi connectivity index (χ3v) is 7.21. The molecule has 0 saturated heterocycles. The Labute approximate surface area is 231 Å². The standard InChI is InChI=1S/C30H37N3O5S/c1-5-28(30(35)31-23(2)3)32(20-24-12-8-6-9-13-24)29(34)21-33(39(4,36)37)26-16-18-27(19-17-26)38-22-25-14-10-7-11-15-25/h6-19,23,28H,5,20-22H2,1-4H3,(H,31,35)/t28-/m1/s1. The second kappa shape index (κ2) is 13.8. The van der Waals surface area contributed by atoms with Crippen molar-refractivity contribution >= 4 is 27.5 Å². The Morgan fingerprint density at radius 3 is 1.95 bits per heavy atom. The molecule has 0 spiro atoms. The minimum atomic E-state index is -3.81. The van der Waals surface area contributed by atoms with Gasteiger partial charge in [0, 0.05) is 12.6 Å². The van der Waals surface area contributed by atoms with Crippen LogP contribution in [0.4, 0.5) is 5.69 Å². The van der Waals surface area contributed by atoms with E-state index in [1.165, 1.54) is 4.90 Å². The number of sulfonamides is 1. The number of nitrogens with zero attached hydrogens (tertiary/aromatic N) is 2. The topological polar surface area (TPSA) is 96.0 Å². The molecule has 0 fully saturated rings. The Balaban J connectivity index is 1.83. The van der Waals surface area contributed by atoms with Crippen molar-refractivity contribution in [2.75, 3.05) is 17.1 Å². The molecule has 3 rings (SSSR count). The molecule has 3 aromatic rings. The largest absolute Gasteiger partial charge is 0.489 e. The first-order valence-corrected chi connectivity index (χ1v) is 14.8. The molecule has 1 N–H and O–H groups in total. The number of carbonyl (C=O) groups is 2. The number of ether oxygens (including phenoxy) is 1. The van der Waals surface area contributed by atoms with Crippen molar-refractivity contribution in [1.29, 1.82) is 0 Å². The van der Waals surface area contributed by atoms with Crippen LogP contribution in [0.3, 0.4) is 0 Å². The Bertz CT molecular complexity index is 1310. The van der Waals surface area contributed by atoms with Crippen molar-refractivity contribution in [2.45, 2.75) is 52.4 Å². The van der Waals surface area contributed by atoms with Crippen LogP contribution < -0.4 is 14.4 Å². The lowest BCUT2D eigenvalue weighted by Crippen LogP contribution is -2.53. The van der Waals surface area contributed by atoms with E-state index in [2.05, 4.69) is 5.32 Å². The maximum Gasteiger partial charge on any atom is 0.244 e. The van der Waals surface area contributed by atoms with E-state index in [1.54, 1.807) is 24.3 Å². The van der Waals surface area contributed by atoms with Gasteiger partial charge in [-0.2, -0.15) is 0 Å². The van der Waals surface area contributed by atoms with Crippen LogP contribution in [0, 0.1) is 0 Å². The Morgan fingerprint density at radius 1 is 0.872 bits per heavy atom. The highest BCUT2D eigenvalue weighted by atomic mass is 32.2. The third-order valence-electron chi connectivity index (χ3n) is 6.06. The SMILES string of the molecule is CC[C@H](C(=O)NC(C)C)N(Cc1ccccc1)C(=O)CN(c1ccc(OCc2ccccc2)cc1)S(C)(=O)=O. The Hall–Kier alpha value is -3.85. The lowest BCUT2D eigenvalue weighted by Gasteiger charge is -2.33. The average Bonchev–Trinajstić information content (AvgIpc) is 2.91. The summed E-state index contributed by atoms with van der Waals surface area (Å²) in [4.78, 5) is 28.2. The zero-order valence-corrected chi connectivity index (χ0v) is 23.7. The second-order valence-electron chi connectivity index (χ2n) is 9.63. The van der Waals surface area contributed by atoms with E-state index >= 15 is 0 Å². The number of anilines is 1. The van der Waals surface area contributed by atoms with Gasteiger partial charge in [-0.1, -0.05) is 67.6 Å². The van der Waals surface area contributed by atoms with Gasteiger partial charge in [0.25, 0.3) is 0 Å². The van der Waals surface area contributed by atoms with Gasteiger partial charge in [-0.05, 0) is 55.7 Å². The molecule has 39 heavy (non-hydrogen) atoms. The predicted molar refractivity (Wildman–Crippen MR) is 154 cm³/mol. The molecule has 0 aliphatic heterocycles. The van der Waals surface area contributed by atoms with E-state index in [1.807, 2.05) is 81.4 Å². The highest BCUT2D eigenvalue weighted by Gasteiger charge is 2.32. The normalized spacial score (nSPS) is 12.0. The molecule has 0 saturated carbocycles. The van der Waals surface area contributed by atoms with Crippen LogP contribution in [0.25, 0.3) is 0 Å². The molecule has 0 aliphatic rings. The lowest BCUT2D eigenvalue weighted by molar-refractivity contribution is -0.140. The van der Waals surface area contributed by atoms with Gasteiger partial charge in [0.1, 0.15) is 24.9 Å². The van der Waals surface area contributed by atoms with Crippen molar-refractivity contribution in [1.82, 2.24) is 10.2 Å². The van der Waals surface area contributed by atoms with Gasteiger partial charge in [-0.25, -0.2) is 8.42 Å². The van der Waals surface area contributed by atoms with E-state index in [0.29, 0.717) is 24.5 Å². The van der Waals surface area contributed by atoms with Gasteiger partial charge in [0.05, 0.1) is 11.9 Å². The van der Waals surface area contributed by atoms with Crippen LogP contribution in [-0.2, 0) is 32.8 Å². The third kappa shape index (κ3) is 8.85. The number of benzene rings is 3. The summed E-state index contributed by atoms with van der Waals surface area (Å²) in [5, 5.41) is 2.88. The van der Waals surface area contributed by atoms with Crippen LogP contribution in [0.15, 0.2) is 84.9 Å². The molecule has 8 nitrogen and oxygen atoms in total. The first-order valence-electron chi connectivity index (χ1n) is 13.0. The van der Waals surface area contributed by atoms with Gasteiger partial charge >= 0.3 is 0 Å². The molecule has 2 amide bonds. The van der Waals surface area contributed by atoms with Crippen molar-refractivity contribution in [3.8, 4) is 5.75 Å². The monoisotopic (exact) mass is 551 g/mol. The number of amides is 2. The quantitative estimate of drug-likeness (QED) is 0.341. The Kier molecular flexibility index (Phi) is 10.5. The summed E-state index contributed by atoms with van der Waals surface area (Å²) in [7, 11) is -3.81. The molecule has 0 unspecified atom stereocenters. The van der Waals surface area contributed by atoms with Crippen molar-refractivity contribution in [3.05, 3.63) is 96.1 Å². The van der Waals surface area contributed by atoms with Crippen LogP contribution >= 0.6 is 0 Å². The average molecular weight is 552 g/mol. The van der Waals surface area contributed by atoms with Gasteiger partial charge in [-0.15, -0.1) is 0 Å². The maximum absolute atomic E-state index is 13.7. The summed E-state index contributed by atoms with van der Waals surface area (Å²) in [6.45, 7) is 5.65. The smallest absolute Gasteiger partial charge is 0.244 e. The molecule has 0 aliphatic carbocycles. The molecule has 208 valence electrons. The molecule has 0 bridgehead atoms. The highest BCUT2D eigenvalue weighted by Crippen LogP contribution is 2.23. The van der Waals surface area contributed by atoms with Gasteiger partial charge in [0.15, 0.2) is 0 Å². The van der Waals surface area contributed by atoms with E-state index < -0.39 is 28.5 Å². The molecule has 0 heterocycles. The summed E-state index contributed by atoms with van der Waals surface area (Å²) in [5.41, 5.74) is 2.18. The van der Waals surface area contributed by atoms with E-state index in [0.717, 1.165) is 21.7 Å². The Morgan fingerprint density at radius 2 is 1.44 bits per heavy atom. The zero-order chi connectivity index (χ0) is 28.4. The zero-order valence-electron chi connectivity index (χ0n) is 22.9. The van der Waals surface area contributed by atoms with E-state index in [-0.39, 0.29) is 18.5 Å². The minimum absolute atomic E-state index is 0.102. The maximum atomic E-state index is 13.7. The first kappa shape index (κ1) is 29.7. The van der Waals surface area contributed by atoms with Crippen LogP contribution in [0.2, 0.25) is 0 Å². The summed E-state index contributed by atoms with van der Waals surface area (Å²) in [5.74, 6) is -0.175. The van der Waals surface area contributed by atoms with Crippen molar-refractivity contribution < 1.29 is 22.7 Å². The van der Waals surface area contributed by atoms with Crippen LogP contribution in [0.1, 0.15) is 38.3 Å². The molecule has 3 aromatic carbocycles. The fourth-order valence-electron chi connectivity index (χ4n) is 4.14. The molecular weight excluding hydrogens is 514 g/mol. The molecule has 0 aromatic heterocycles. The van der Waals surface area contributed by atoms with Gasteiger partial charge in [-0.3, -0.25) is 13.9 Å². The summed E-state index contributed by atoms with van der Waals surface area (Å²) in [6.07, 6.45) is 1.44. The summed E-state index contributed by atoms with van der Waals surface area (Å²) in [6, 6.07) is 24.7. The number of carbonyl (C=O) groups excluding carboxylic acids is 2. The molecule has 9 heteroatoms. The van der Waals surface area contributed by atoms with Crippen molar-refractivity contribution in [3.63, 3.8) is 0 Å². The summed E-state index contributed by atoms with van der Waals surface area (Å²) >= 11 is 0. The highest BCUT2D eigenvalue weighted by molar-refractivity contribution is 7.92. The lowest BCUT2D eigenvalue weighted by atomic mass is 10.1.